The Kier molecular flexibility index (Phi) is 6.53. The fraction of sp³-hybridized carbons (Fsp3) is 0.136. The zero-order valence-corrected chi connectivity index (χ0v) is 19.5. The first-order chi connectivity index (χ1) is 15.3. The fourth-order valence-electron chi connectivity index (χ4n) is 3.26. The lowest BCUT2D eigenvalue weighted by molar-refractivity contribution is -0.127. The van der Waals surface area contributed by atoms with Crippen LogP contribution in [0.3, 0.4) is 0 Å². The maximum atomic E-state index is 13.4. The van der Waals surface area contributed by atoms with Crippen molar-refractivity contribution in [1.29, 1.82) is 0 Å². The molecule has 0 saturated heterocycles. The molecule has 1 amide bonds. The van der Waals surface area contributed by atoms with Crippen molar-refractivity contribution in [3.8, 4) is 5.75 Å². The topological polar surface area (TPSA) is 75.7 Å². The van der Waals surface area contributed by atoms with Crippen LogP contribution in [0.25, 0.3) is 0 Å². The Morgan fingerprint density at radius 3 is 2.41 bits per heavy atom. The summed E-state index contributed by atoms with van der Waals surface area (Å²) in [6.45, 7) is -0.0531. The summed E-state index contributed by atoms with van der Waals surface area (Å²) in [7, 11) is -3.96. The first-order valence-corrected chi connectivity index (χ1v) is 12.1. The number of nitrogens with zero attached hydrogens (tertiary/aromatic N) is 1. The van der Waals surface area contributed by atoms with Gasteiger partial charge in [-0.15, -0.1) is 0 Å². The van der Waals surface area contributed by atoms with E-state index in [-0.39, 0.29) is 18.0 Å². The second-order valence-electron chi connectivity index (χ2n) is 7.02. The lowest BCUT2D eigenvalue weighted by Gasteiger charge is -2.34. The molecule has 3 aromatic rings. The van der Waals surface area contributed by atoms with E-state index in [0.29, 0.717) is 32.1 Å². The van der Waals surface area contributed by atoms with Gasteiger partial charge in [0, 0.05) is 21.6 Å². The number of hydrogen-bond donors (Lipinski definition) is 1. The van der Waals surface area contributed by atoms with Gasteiger partial charge in [-0.05, 0) is 54.1 Å². The normalized spacial score (nSPS) is 15.6. The number of nitrogens with one attached hydrogen (secondary N) is 1. The van der Waals surface area contributed by atoms with Gasteiger partial charge in [0.15, 0.2) is 6.10 Å². The van der Waals surface area contributed by atoms with Crippen LogP contribution >= 0.6 is 34.8 Å². The summed E-state index contributed by atoms with van der Waals surface area (Å²) in [5, 5.41) is 4.07. The van der Waals surface area contributed by atoms with E-state index in [2.05, 4.69) is 5.32 Å². The SMILES string of the molecule is O=C(NCc1ccc(Cl)cc1Cl)[C@H]1CN(S(=O)(=O)c2ccc(Cl)cc2)c2ccccc2O1. The number of halogens is 3. The Bertz CT molecular complexity index is 1270. The van der Waals surface area contributed by atoms with Crippen LogP contribution in [-0.4, -0.2) is 27.0 Å². The standard InChI is InChI=1S/C22H17Cl3N2O4S/c23-15-7-9-17(10-8-15)32(29,30)27-13-21(31-20-4-2-1-3-19(20)27)22(28)26-12-14-5-6-16(24)11-18(14)25/h1-11,21H,12-13H2,(H,26,28)/t21-/m1/s1. The van der Waals surface area contributed by atoms with Gasteiger partial charge in [-0.1, -0.05) is 53.0 Å². The molecule has 0 spiro atoms. The average molecular weight is 512 g/mol. The number of carbonyl (C=O) groups is 1. The molecule has 32 heavy (non-hydrogen) atoms. The van der Waals surface area contributed by atoms with Crippen molar-refractivity contribution in [3.63, 3.8) is 0 Å². The average Bonchev–Trinajstić information content (AvgIpc) is 2.77. The Balaban J connectivity index is 1.59. The third-order valence-corrected chi connectivity index (χ3v) is 7.53. The van der Waals surface area contributed by atoms with Crippen molar-refractivity contribution in [2.24, 2.45) is 0 Å². The Hall–Kier alpha value is -2.45. The van der Waals surface area contributed by atoms with Crippen molar-refractivity contribution in [1.82, 2.24) is 5.32 Å². The molecular weight excluding hydrogens is 495 g/mol. The van der Waals surface area contributed by atoms with Crippen molar-refractivity contribution in [2.75, 3.05) is 10.8 Å². The largest absolute Gasteiger partial charge is 0.476 e. The monoisotopic (exact) mass is 510 g/mol. The maximum absolute atomic E-state index is 13.4. The van der Waals surface area contributed by atoms with E-state index >= 15 is 0 Å². The Labute approximate surface area is 200 Å². The predicted molar refractivity (Wildman–Crippen MR) is 125 cm³/mol. The number of anilines is 1. The van der Waals surface area contributed by atoms with Crippen LogP contribution in [-0.2, 0) is 21.4 Å². The van der Waals surface area contributed by atoms with Crippen LogP contribution in [0.2, 0.25) is 15.1 Å². The summed E-state index contributed by atoms with van der Waals surface area (Å²) in [6, 6.07) is 17.5. The van der Waals surface area contributed by atoms with Crippen molar-refractivity contribution >= 4 is 56.4 Å². The molecule has 1 aliphatic heterocycles. The van der Waals surface area contributed by atoms with Gasteiger partial charge in [0.25, 0.3) is 15.9 Å². The van der Waals surface area contributed by atoms with Crippen LogP contribution in [0.4, 0.5) is 5.69 Å². The number of carbonyl (C=O) groups excluding carboxylic acids is 1. The van der Waals surface area contributed by atoms with Crippen LogP contribution < -0.4 is 14.4 Å². The number of amides is 1. The van der Waals surface area contributed by atoms with Gasteiger partial charge in [0.2, 0.25) is 0 Å². The molecule has 0 fully saturated rings. The van der Waals surface area contributed by atoms with Gasteiger partial charge in [0.05, 0.1) is 17.1 Å². The molecule has 0 aromatic heterocycles. The van der Waals surface area contributed by atoms with E-state index in [1.807, 2.05) is 0 Å². The second-order valence-corrected chi connectivity index (χ2v) is 10.2. The summed E-state index contributed by atoms with van der Waals surface area (Å²) >= 11 is 18.0. The molecule has 0 aliphatic carbocycles. The predicted octanol–water partition coefficient (Wildman–Crippen LogP) is 4.92. The van der Waals surface area contributed by atoms with E-state index in [9.17, 15) is 13.2 Å². The Morgan fingerprint density at radius 1 is 1.00 bits per heavy atom. The quantitative estimate of drug-likeness (QED) is 0.528. The Morgan fingerprint density at radius 2 is 1.69 bits per heavy atom. The number of sulfonamides is 1. The van der Waals surface area contributed by atoms with Crippen LogP contribution in [0.5, 0.6) is 5.75 Å². The minimum absolute atomic E-state index is 0.0608. The zero-order chi connectivity index (χ0) is 22.9. The summed E-state index contributed by atoms with van der Waals surface area (Å²) in [5.41, 5.74) is 1.03. The van der Waals surface area contributed by atoms with Crippen molar-refractivity contribution < 1.29 is 17.9 Å². The number of benzene rings is 3. The molecular formula is C22H17Cl3N2O4S. The number of fused-ring (bicyclic) bond motifs is 1. The van der Waals surface area contributed by atoms with E-state index in [0.717, 1.165) is 0 Å². The number of ether oxygens (including phenoxy) is 1. The number of rotatable bonds is 5. The first kappa shape index (κ1) is 22.7. The lowest BCUT2D eigenvalue weighted by Crippen LogP contribution is -2.50. The fourth-order valence-corrected chi connectivity index (χ4v) is 5.34. The molecule has 1 heterocycles. The van der Waals surface area contributed by atoms with Gasteiger partial charge in [-0.3, -0.25) is 9.10 Å². The lowest BCUT2D eigenvalue weighted by atomic mass is 10.2. The molecule has 3 aromatic carbocycles. The van der Waals surface area contributed by atoms with Crippen LogP contribution in [0.15, 0.2) is 71.6 Å². The molecule has 1 N–H and O–H groups in total. The molecule has 0 unspecified atom stereocenters. The molecule has 1 atom stereocenters. The third-order valence-electron chi connectivity index (χ3n) is 4.90. The third kappa shape index (κ3) is 4.66. The van der Waals surface area contributed by atoms with Gasteiger partial charge in [-0.25, -0.2) is 8.42 Å². The van der Waals surface area contributed by atoms with E-state index in [1.54, 1.807) is 42.5 Å². The highest BCUT2D eigenvalue weighted by Crippen LogP contribution is 2.37. The first-order valence-electron chi connectivity index (χ1n) is 9.51. The van der Waals surface area contributed by atoms with E-state index in [1.165, 1.54) is 28.6 Å². The van der Waals surface area contributed by atoms with Gasteiger partial charge < -0.3 is 10.1 Å². The minimum atomic E-state index is -3.96. The molecule has 0 radical (unpaired) electrons. The van der Waals surface area contributed by atoms with Crippen LogP contribution in [0.1, 0.15) is 5.56 Å². The smallest absolute Gasteiger partial charge is 0.264 e. The van der Waals surface area contributed by atoms with Gasteiger partial charge in [-0.2, -0.15) is 0 Å². The molecule has 10 heteroatoms. The molecule has 0 bridgehead atoms. The minimum Gasteiger partial charge on any atom is -0.476 e. The maximum Gasteiger partial charge on any atom is 0.264 e. The van der Waals surface area contributed by atoms with Crippen molar-refractivity contribution in [2.45, 2.75) is 17.5 Å². The summed E-state index contributed by atoms with van der Waals surface area (Å²) in [6.07, 6.45) is -1.06. The molecule has 166 valence electrons. The second kappa shape index (κ2) is 9.19. The molecule has 0 saturated carbocycles. The molecule has 6 nitrogen and oxygen atoms in total. The number of hydrogen-bond acceptors (Lipinski definition) is 4. The van der Waals surface area contributed by atoms with Gasteiger partial charge >= 0.3 is 0 Å². The van der Waals surface area contributed by atoms with E-state index < -0.39 is 22.0 Å². The summed E-state index contributed by atoms with van der Waals surface area (Å²) < 4.78 is 33.7. The van der Waals surface area contributed by atoms with Gasteiger partial charge in [0.1, 0.15) is 5.75 Å². The highest BCUT2D eigenvalue weighted by atomic mass is 35.5. The highest BCUT2D eigenvalue weighted by molar-refractivity contribution is 7.92. The highest BCUT2D eigenvalue weighted by Gasteiger charge is 2.37. The summed E-state index contributed by atoms with van der Waals surface area (Å²) in [4.78, 5) is 12.9. The van der Waals surface area contributed by atoms with Crippen molar-refractivity contribution in [3.05, 3.63) is 87.4 Å². The zero-order valence-electron chi connectivity index (χ0n) is 16.5. The summed E-state index contributed by atoms with van der Waals surface area (Å²) in [5.74, 6) is -0.178. The molecule has 1 aliphatic rings. The van der Waals surface area contributed by atoms with Crippen LogP contribution in [0, 0.1) is 0 Å². The van der Waals surface area contributed by atoms with E-state index in [4.69, 9.17) is 39.5 Å². The number of para-hydroxylation sites is 2. The molecule has 4 rings (SSSR count).